The van der Waals surface area contributed by atoms with Gasteiger partial charge in [-0.3, -0.25) is 0 Å². The molecule has 0 aromatic heterocycles. The first-order chi connectivity index (χ1) is 14.1. The van der Waals surface area contributed by atoms with E-state index in [1.807, 2.05) is 35.2 Å². The number of rotatable bonds is 16. The molecule has 1 rings (SSSR count). The van der Waals surface area contributed by atoms with Gasteiger partial charge in [0, 0.05) is 32.2 Å². The highest BCUT2D eigenvalue weighted by Crippen LogP contribution is 2.07. The summed E-state index contributed by atoms with van der Waals surface area (Å²) in [6, 6.07) is 10.2. The van der Waals surface area contributed by atoms with Crippen LogP contribution >= 0.6 is 0 Å². The van der Waals surface area contributed by atoms with Gasteiger partial charge in [-0.25, -0.2) is 4.79 Å². The Bertz CT molecular complexity index is 527. The number of likely N-dealkylation sites (N-methyl/N-ethyl adjacent to an activating group) is 1. The van der Waals surface area contributed by atoms with Crippen molar-refractivity contribution in [3.8, 4) is 0 Å². The van der Waals surface area contributed by atoms with Gasteiger partial charge in [0.1, 0.15) is 6.61 Å². The van der Waals surface area contributed by atoms with Crippen molar-refractivity contribution in [3.63, 3.8) is 0 Å². The molecule has 0 bridgehead atoms. The van der Waals surface area contributed by atoms with E-state index in [1.54, 1.807) is 0 Å². The first kappa shape index (κ1) is 25.4. The molecule has 0 radical (unpaired) electrons. The minimum Gasteiger partial charge on any atom is -0.445 e. The average molecular weight is 407 g/mol. The molecule has 166 valence electrons. The molecule has 1 unspecified atom stereocenters. The lowest BCUT2D eigenvalue weighted by atomic mass is 10.1. The number of carbonyl (C=O) groups excluding carboxylic acids is 1. The van der Waals surface area contributed by atoms with E-state index in [1.165, 1.54) is 0 Å². The Morgan fingerprint density at radius 3 is 2.52 bits per heavy atom. The summed E-state index contributed by atoms with van der Waals surface area (Å²) < 4.78 is 5.55. The molecule has 0 aliphatic carbocycles. The zero-order valence-electron chi connectivity index (χ0n) is 18.7. The van der Waals surface area contributed by atoms with Gasteiger partial charge in [-0.2, -0.15) is 0 Å². The second-order valence-electron chi connectivity index (χ2n) is 7.67. The van der Waals surface area contributed by atoms with Crippen molar-refractivity contribution >= 4 is 6.09 Å². The lowest BCUT2D eigenvalue weighted by Gasteiger charge is -2.26. The molecule has 0 aliphatic rings. The van der Waals surface area contributed by atoms with Crippen LogP contribution in [0.1, 0.15) is 51.5 Å². The first-order valence-corrected chi connectivity index (χ1v) is 11.2. The van der Waals surface area contributed by atoms with Crippen LogP contribution in [-0.4, -0.2) is 68.3 Å². The molecular weight excluding hydrogens is 364 g/mol. The molecule has 0 spiro atoms. The Morgan fingerprint density at radius 1 is 1.10 bits per heavy atom. The highest BCUT2D eigenvalue weighted by atomic mass is 16.6. The van der Waals surface area contributed by atoms with Gasteiger partial charge < -0.3 is 25.6 Å². The molecule has 29 heavy (non-hydrogen) atoms. The largest absolute Gasteiger partial charge is 0.445 e. The van der Waals surface area contributed by atoms with E-state index < -0.39 is 0 Å². The number of benzene rings is 1. The number of amides is 1. The van der Waals surface area contributed by atoms with E-state index >= 15 is 0 Å². The highest BCUT2D eigenvalue weighted by molar-refractivity contribution is 5.67. The lowest BCUT2D eigenvalue weighted by Crippen LogP contribution is -2.40. The van der Waals surface area contributed by atoms with Crippen LogP contribution in [0.5, 0.6) is 0 Å². The van der Waals surface area contributed by atoms with Gasteiger partial charge >= 0.3 is 6.09 Å². The van der Waals surface area contributed by atoms with Gasteiger partial charge in [0.2, 0.25) is 0 Å². The normalized spacial score (nSPS) is 12.2. The quantitative estimate of drug-likeness (QED) is 0.440. The number of ether oxygens (including phenoxy) is 1. The third-order valence-electron chi connectivity index (χ3n) is 5.16. The van der Waals surface area contributed by atoms with Crippen LogP contribution < -0.4 is 11.1 Å². The van der Waals surface area contributed by atoms with E-state index in [0.29, 0.717) is 12.6 Å². The predicted octanol–water partition coefficient (Wildman–Crippen LogP) is 3.46. The molecule has 0 aliphatic heterocycles. The summed E-state index contributed by atoms with van der Waals surface area (Å²) in [7, 11) is 2.13. The van der Waals surface area contributed by atoms with Crippen molar-refractivity contribution in [1.82, 2.24) is 15.1 Å². The first-order valence-electron chi connectivity index (χ1n) is 11.2. The van der Waals surface area contributed by atoms with E-state index in [0.717, 1.165) is 76.9 Å². The Hall–Kier alpha value is -1.63. The molecule has 0 heterocycles. The molecule has 6 heteroatoms. The van der Waals surface area contributed by atoms with Crippen molar-refractivity contribution in [2.45, 2.75) is 58.6 Å². The molecular formula is C23H42N4O2. The third kappa shape index (κ3) is 11.8. The second-order valence-corrected chi connectivity index (χ2v) is 7.67. The number of nitrogens with zero attached hydrogens (tertiary/aromatic N) is 2. The van der Waals surface area contributed by atoms with Gasteiger partial charge in [-0.1, -0.05) is 50.6 Å². The lowest BCUT2D eigenvalue weighted by molar-refractivity contribution is 0.0939. The molecule has 1 aromatic rings. The van der Waals surface area contributed by atoms with E-state index in [-0.39, 0.29) is 6.09 Å². The molecule has 6 nitrogen and oxygen atoms in total. The number of carbonyl (C=O) groups is 1. The summed E-state index contributed by atoms with van der Waals surface area (Å²) in [5, 5.41) is 3.63. The summed E-state index contributed by atoms with van der Waals surface area (Å²) >= 11 is 0. The Balaban J connectivity index is 2.41. The zero-order chi connectivity index (χ0) is 21.3. The fourth-order valence-electron chi connectivity index (χ4n) is 3.15. The van der Waals surface area contributed by atoms with Crippen LogP contribution in [0.15, 0.2) is 30.3 Å². The summed E-state index contributed by atoms with van der Waals surface area (Å²) in [6.07, 6.45) is 4.87. The summed E-state index contributed by atoms with van der Waals surface area (Å²) in [4.78, 5) is 16.8. The van der Waals surface area contributed by atoms with E-state index in [4.69, 9.17) is 10.5 Å². The van der Waals surface area contributed by atoms with Gasteiger partial charge in [0.05, 0.1) is 0 Å². The molecule has 1 amide bonds. The number of unbranched alkanes of at least 4 members (excludes halogenated alkanes) is 1. The van der Waals surface area contributed by atoms with Crippen LogP contribution in [-0.2, 0) is 11.3 Å². The van der Waals surface area contributed by atoms with Crippen LogP contribution in [0.4, 0.5) is 4.79 Å². The molecule has 3 N–H and O–H groups in total. The average Bonchev–Trinajstić information content (AvgIpc) is 2.75. The highest BCUT2D eigenvalue weighted by Gasteiger charge is 2.16. The third-order valence-corrected chi connectivity index (χ3v) is 5.16. The van der Waals surface area contributed by atoms with Crippen LogP contribution in [0.3, 0.4) is 0 Å². The SMILES string of the molecule is CCCCN(CCC(CC)NCCN(C)CCCN)C(=O)OCc1ccccc1. The topological polar surface area (TPSA) is 70.8 Å². The fourth-order valence-corrected chi connectivity index (χ4v) is 3.15. The molecule has 0 saturated carbocycles. The Morgan fingerprint density at radius 2 is 1.86 bits per heavy atom. The number of hydrogen-bond donors (Lipinski definition) is 2. The second kappa shape index (κ2) is 16.2. The number of nitrogens with two attached hydrogens (primary N) is 1. The maximum Gasteiger partial charge on any atom is 0.410 e. The smallest absolute Gasteiger partial charge is 0.410 e. The van der Waals surface area contributed by atoms with Crippen molar-refractivity contribution in [2.75, 3.05) is 46.3 Å². The maximum absolute atomic E-state index is 12.6. The minimum absolute atomic E-state index is 0.210. The van der Waals surface area contributed by atoms with Crippen LogP contribution in [0.2, 0.25) is 0 Å². The van der Waals surface area contributed by atoms with Crippen molar-refractivity contribution in [2.24, 2.45) is 5.73 Å². The summed E-state index contributed by atoms with van der Waals surface area (Å²) in [5.41, 5.74) is 6.59. The Kier molecular flexibility index (Phi) is 14.2. The monoisotopic (exact) mass is 406 g/mol. The van der Waals surface area contributed by atoms with Gasteiger partial charge in [0.25, 0.3) is 0 Å². The number of hydrogen-bond acceptors (Lipinski definition) is 5. The molecule has 0 fully saturated rings. The van der Waals surface area contributed by atoms with Gasteiger partial charge in [-0.05, 0) is 51.4 Å². The van der Waals surface area contributed by atoms with Crippen LogP contribution in [0, 0.1) is 0 Å². The Labute approximate surface area is 177 Å². The van der Waals surface area contributed by atoms with Gasteiger partial charge in [-0.15, -0.1) is 0 Å². The standard InChI is InChI=1S/C23H42N4O2/c1-4-6-17-27(23(28)29-20-21-11-8-7-9-12-21)18-13-22(5-2)25-15-19-26(3)16-10-14-24/h7-9,11-12,22,25H,4-6,10,13-20,24H2,1-3H3. The van der Waals surface area contributed by atoms with Gasteiger partial charge in [0.15, 0.2) is 0 Å². The summed E-state index contributed by atoms with van der Waals surface area (Å²) in [6.45, 7) is 9.88. The zero-order valence-corrected chi connectivity index (χ0v) is 18.7. The van der Waals surface area contributed by atoms with Crippen molar-refractivity contribution in [3.05, 3.63) is 35.9 Å². The summed E-state index contributed by atoms with van der Waals surface area (Å²) in [5.74, 6) is 0. The molecule has 1 atom stereocenters. The maximum atomic E-state index is 12.6. The molecule has 0 saturated heterocycles. The fraction of sp³-hybridized carbons (Fsp3) is 0.696. The molecule has 1 aromatic carbocycles. The van der Waals surface area contributed by atoms with Crippen molar-refractivity contribution < 1.29 is 9.53 Å². The minimum atomic E-state index is -0.210. The van der Waals surface area contributed by atoms with E-state index in [9.17, 15) is 4.79 Å². The van der Waals surface area contributed by atoms with E-state index in [2.05, 4.69) is 31.1 Å². The van der Waals surface area contributed by atoms with Crippen LogP contribution in [0.25, 0.3) is 0 Å². The number of nitrogens with one attached hydrogen (secondary N) is 1. The van der Waals surface area contributed by atoms with Crippen molar-refractivity contribution in [1.29, 1.82) is 0 Å². The predicted molar refractivity (Wildman–Crippen MR) is 121 cm³/mol.